The normalized spacial score (nSPS) is 21.2. The number of hydrogen-bond acceptors (Lipinski definition) is 6. The fourth-order valence-corrected chi connectivity index (χ4v) is 3.16. The molecule has 7 heteroatoms. The molecule has 2 aliphatic rings. The van der Waals surface area contributed by atoms with E-state index in [0.717, 1.165) is 26.1 Å². The van der Waals surface area contributed by atoms with Crippen molar-refractivity contribution in [2.24, 2.45) is 0 Å². The van der Waals surface area contributed by atoms with Gasteiger partial charge in [-0.3, -0.25) is 14.5 Å². The largest absolute Gasteiger partial charge is 0.464 e. The Morgan fingerprint density at radius 2 is 1.96 bits per heavy atom. The van der Waals surface area contributed by atoms with Crippen LogP contribution >= 0.6 is 0 Å². The van der Waals surface area contributed by atoms with Crippen LogP contribution in [0.15, 0.2) is 12.2 Å². The van der Waals surface area contributed by atoms with Crippen molar-refractivity contribution in [1.29, 1.82) is 0 Å². The van der Waals surface area contributed by atoms with E-state index in [0.29, 0.717) is 25.6 Å². The van der Waals surface area contributed by atoms with Crippen LogP contribution in [0.2, 0.25) is 0 Å². The van der Waals surface area contributed by atoms with Crippen molar-refractivity contribution < 1.29 is 23.9 Å². The predicted octanol–water partition coefficient (Wildman–Crippen LogP) is 1.13. The zero-order valence-electron chi connectivity index (χ0n) is 14.9. The number of rotatable bonds is 9. The second-order valence-corrected chi connectivity index (χ2v) is 6.51. The number of carbonyl (C=O) groups excluding carboxylic acids is 3. The highest BCUT2D eigenvalue weighted by molar-refractivity contribution is 5.83. The number of hydrogen-bond donors (Lipinski definition) is 0. The van der Waals surface area contributed by atoms with Gasteiger partial charge < -0.3 is 14.4 Å². The van der Waals surface area contributed by atoms with Crippen molar-refractivity contribution in [3.8, 4) is 0 Å². The van der Waals surface area contributed by atoms with Crippen LogP contribution in [-0.2, 0) is 23.9 Å². The van der Waals surface area contributed by atoms with Gasteiger partial charge in [0.1, 0.15) is 13.2 Å². The minimum Gasteiger partial charge on any atom is -0.464 e. The van der Waals surface area contributed by atoms with Crippen LogP contribution in [-0.4, -0.2) is 73.1 Å². The Kier molecular flexibility index (Phi) is 7.91. The minimum absolute atomic E-state index is 0.0509. The summed E-state index contributed by atoms with van der Waals surface area (Å²) in [6.45, 7) is 5.71. The predicted molar refractivity (Wildman–Crippen MR) is 91.8 cm³/mol. The molecule has 0 aromatic carbocycles. The highest BCUT2D eigenvalue weighted by Gasteiger charge is 2.20. The summed E-state index contributed by atoms with van der Waals surface area (Å²) in [6, 6.07) is 0.559. The molecule has 0 radical (unpaired) electrons. The molecule has 2 heterocycles. The molecule has 0 N–H and O–H groups in total. The highest BCUT2D eigenvalue weighted by atomic mass is 16.5. The van der Waals surface area contributed by atoms with Crippen LogP contribution in [0.3, 0.4) is 0 Å². The maximum atomic E-state index is 11.6. The van der Waals surface area contributed by atoms with Crippen LogP contribution in [0.4, 0.5) is 0 Å². The maximum absolute atomic E-state index is 11.6. The molecule has 0 aromatic rings. The fourth-order valence-electron chi connectivity index (χ4n) is 3.16. The SMILES string of the molecule is CC1CCCN1CCOC(=O)C/C=C\C(=O)OCCN1CCCC1=O. The molecule has 1 amide bonds. The molecule has 1 unspecified atom stereocenters. The topological polar surface area (TPSA) is 76.2 Å². The number of esters is 2. The van der Waals surface area contributed by atoms with Gasteiger partial charge >= 0.3 is 11.9 Å². The van der Waals surface area contributed by atoms with Gasteiger partial charge in [-0.15, -0.1) is 0 Å². The number of likely N-dealkylation sites (tertiary alicyclic amines) is 2. The number of nitrogens with zero attached hydrogens (tertiary/aromatic N) is 2. The first kappa shape index (κ1) is 19.4. The molecule has 0 bridgehead atoms. The fraction of sp³-hybridized carbons (Fsp3) is 0.722. The van der Waals surface area contributed by atoms with Crippen molar-refractivity contribution in [3.63, 3.8) is 0 Å². The van der Waals surface area contributed by atoms with E-state index in [4.69, 9.17) is 9.47 Å². The molecule has 25 heavy (non-hydrogen) atoms. The summed E-state index contributed by atoms with van der Waals surface area (Å²) in [6.07, 6.45) is 6.57. The van der Waals surface area contributed by atoms with Gasteiger partial charge in [0.05, 0.1) is 13.0 Å². The molecule has 2 aliphatic heterocycles. The van der Waals surface area contributed by atoms with E-state index in [1.165, 1.54) is 25.0 Å². The molecule has 2 fully saturated rings. The number of ether oxygens (including phenoxy) is 2. The Balaban J connectivity index is 1.51. The zero-order valence-corrected chi connectivity index (χ0v) is 14.9. The smallest absolute Gasteiger partial charge is 0.330 e. The molecular weight excluding hydrogens is 324 g/mol. The molecule has 140 valence electrons. The third kappa shape index (κ3) is 6.86. The van der Waals surface area contributed by atoms with Gasteiger partial charge in [0, 0.05) is 31.6 Å². The van der Waals surface area contributed by atoms with Crippen LogP contribution in [0.5, 0.6) is 0 Å². The summed E-state index contributed by atoms with van der Waals surface area (Å²) in [7, 11) is 0. The molecule has 0 saturated carbocycles. The van der Waals surface area contributed by atoms with Crippen LogP contribution in [0.25, 0.3) is 0 Å². The van der Waals surface area contributed by atoms with E-state index in [2.05, 4.69) is 11.8 Å². The van der Waals surface area contributed by atoms with Gasteiger partial charge in [-0.1, -0.05) is 6.08 Å². The Labute approximate surface area is 148 Å². The van der Waals surface area contributed by atoms with Crippen molar-refractivity contribution in [2.45, 2.75) is 45.1 Å². The Bertz CT molecular complexity index is 506. The molecule has 2 rings (SSSR count). The number of carbonyl (C=O) groups is 3. The molecule has 7 nitrogen and oxygen atoms in total. The first-order valence-corrected chi connectivity index (χ1v) is 9.07. The van der Waals surface area contributed by atoms with E-state index in [9.17, 15) is 14.4 Å². The van der Waals surface area contributed by atoms with Crippen molar-refractivity contribution in [2.75, 3.05) is 39.4 Å². The van der Waals surface area contributed by atoms with Gasteiger partial charge in [-0.05, 0) is 32.7 Å². The second-order valence-electron chi connectivity index (χ2n) is 6.51. The quantitative estimate of drug-likeness (QED) is 0.457. The standard InChI is InChI=1S/C18H28N2O5/c1-15-5-3-9-19(15)11-13-24-17(22)7-2-8-18(23)25-14-12-20-10-4-6-16(20)21/h2,8,15H,3-7,9-14H2,1H3/b8-2-. The van der Waals surface area contributed by atoms with Crippen molar-refractivity contribution in [1.82, 2.24) is 9.80 Å². The Morgan fingerprint density at radius 3 is 2.64 bits per heavy atom. The lowest BCUT2D eigenvalue weighted by molar-refractivity contribution is -0.143. The van der Waals surface area contributed by atoms with Gasteiger partial charge in [-0.25, -0.2) is 4.79 Å². The lowest BCUT2D eigenvalue weighted by atomic mass is 10.2. The third-order valence-corrected chi connectivity index (χ3v) is 4.65. The second kappa shape index (κ2) is 10.2. The zero-order chi connectivity index (χ0) is 18.1. The minimum atomic E-state index is -0.509. The van der Waals surface area contributed by atoms with Crippen LogP contribution < -0.4 is 0 Å². The summed E-state index contributed by atoms with van der Waals surface area (Å²) >= 11 is 0. The molecule has 2 saturated heterocycles. The molecule has 0 spiro atoms. The van der Waals surface area contributed by atoms with Gasteiger partial charge in [0.15, 0.2) is 0 Å². The first-order valence-electron chi connectivity index (χ1n) is 9.07. The van der Waals surface area contributed by atoms with E-state index in [1.807, 2.05) is 0 Å². The molecular formula is C18H28N2O5. The van der Waals surface area contributed by atoms with E-state index >= 15 is 0 Å². The summed E-state index contributed by atoms with van der Waals surface area (Å²) < 4.78 is 10.2. The van der Waals surface area contributed by atoms with Crippen molar-refractivity contribution in [3.05, 3.63) is 12.2 Å². The first-order chi connectivity index (χ1) is 12.1. The summed E-state index contributed by atoms with van der Waals surface area (Å²) in [5.74, 6) is -0.749. The molecule has 1 atom stereocenters. The van der Waals surface area contributed by atoms with E-state index in [1.54, 1.807) is 4.90 Å². The monoisotopic (exact) mass is 352 g/mol. The van der Waals surface area contributed by atoms with Crippen LogP contribution in [0, 0.1) is 0 Å². The summed E-state index contributed by atoms with van der Waals surface area (Å²) in [4.78, 5) is 38.6. The summed E-state index contributed by atoms with van der Waals surface area (Å²) in [5, 5.41) is 0. The average Bonchev–Trinajstić information content (AvgIpc) is 3.16. The maximum Gasteiger partial charge on any atom is 0.330 e. The average molecular weight is 352 g/mol. The number of amides is 1. The molecule has 0 aliphatic carbocycles. The summed E-state index contributed by atoms with van der Waals surface area (Å²) in [5.41, 5.74) is 0. The van der Waals surface area contributed by atoms with E-state index < -0.39 is 5.97 Å². The van der Waals surface area contributed by atoms with Gasteiger partial charge in [-0.2, -0.15) is 0 Å². The Morgan fingerprint density at radius 1 is 1.16 bits per heavy atom. The lowest BCUT2D eigenvalue weighted by Crippen LogP contribution is -2.30. The Hall–Kier alpha value is -1.89. The van der Waals surface area contributed by atoms with Crippen LogP contribution in [0.1, 0.15) is 39.0 Å². The lowest BCUT2D eigenvalue weighted by Gasteiger charge is -2.20. The highest BCUT2D eigenvalue weighted by Crippen LogP contribution is 2.15. The van der Waals surface area contributed by atoms with Gasteiger partial charge in [0.25, 0.3) is 0 Å². The van der Waals surface area contributed by atoms with Crippen molar-refractivity contribution >= 4 is 17.8 Å². The molecule has 0 aromatic heterocycles. The van der Waals surface area contributed by atoms with Gasteiger partial charge in [0.2, 0.25) is 5.91 Å². The van der Waals surface area contributed by atoms with E-state index in [-0.39, 0.29) is 24.9 Å². The third-order valence-electron chi connectivity index (χ3n) is 4.65.